The highest BCUT2D eigenvalue weighted by atomic mass is 79.9. The minimum Gasteiger partial charge on any atom is -0.314 e. The van der Waals surface area contributed by atoms with Crippen molar-refractivity contribution in [2.75, 3.05) is 40.3 Å². The number of nitrogens with zero attached hydrogens (tertiary/aromatic N) is 2. The van der Waals surface area contributed by atoms with Crippen LogP contribution in [0.2, 0.25) is 0 Å². The Balaban J connectivity index is 2.21. The van der Waals surface area contributed by atoms with E-state index in [0.29, 0.717) is 6.17 Å². The Labute approximate surface area is 112 Å². The lowest BCUT2D eigenvalue weighted by molar-refractivity contribution is 0.0672. The van der Waals surface area contributed by atoms with Crippen molar-refractivity contribution in [3.8, 4) is 0 Å². The molecule has 0 aromatic heterocycles. The largest absolute Gasteiger partial charge is 0.314 e. The summed E-state index contributed by atoms with van der Waals surface area (Å²) in [6.07, 6.45) is 0.370. The van der Waals surface area contributed by atoms with Crippen LogP contribution in [-0.4, -0.2) is 50.1 Å². The van der Waals surface area contributed by atoms with Crippen molar-refractivity contribution in [3.05, 3.63) is 34.3 Å². The summed E-state index contributed by atoms with van der Waals surface area (Å²) in [4.78, 5) is 4.81. The molecule has 1 heterocycles. The Morgan fingerprint density at radius 1 is 1.29 bits per heavy atom. The van der Waals surface area contributed by atoms with Crippen LogP contribution in [0.3, 0.4) is 0 Å². The van der Waals surface area contributed by atoms with E-state index in [9.17, 15) is 0 Å². The van der Waals surface area contributed by atoms with Gasteiger partial charge >= 0.3 is 0 Å². The normalized spacial score (nSPS) is 19.5. The molecule has 17 heavy (non-hydrogen) atoms. The lowest BCUT2D eigenvalue weighted by Gasteiger charge is -2.38. The van der Waals surface area contributed by atoms with E-state index in [-0.39, 0.29) is 0 Å². The summed E-state index contributed by atoms with van der Waals surface area (Å²) in [6.45, 7) is 4.38. The van der Waals surface area contributed by atoms with Gasteiger partial charge in [0, 0.05) is 30.7 Å². The van der Waals surface area contributed by atoms with Crippen molar-refractivity contribution in [2.45, 2.75) is 6.17 Å². The maximum atomic E-state index is 3.55. The van der Waals surface area contributed by atoms with Crippen LogP contribution >= 0.6 is 15.9 Å². The molecule has 0 aliphatic carbocycles. The van der Waals surface area contributed by atoms with E-state index in [4.69, 9.17) is 0 Å². The number of hydrogen-bond donors (Lipinski definition) is 1. The summed E-state index contributed by atoms with van der Waals surface area (Å²) in [6, 6.07) is 8.61. The average Bonchev–Trinajstić information content (AvgIpc) is 2.30. The SMILES string of the molecule is CN(C)C(c1cccc(Br)c1)N1CCNCC1. The molecule has 94 valence electrons. The molecule has 0 bridgehead atoms. The monoisotopic (exact) mass is 297 g/mol. The first-order valence-electron chi connectivity index (χ1n) is 6.05. The third-order valence-electron chi connectivity index (χ3n) is 3.13. The van der Waals surface area contributed by atoms with Gasteiger partial charge in [0.05, 0.1) is 6.17 Å². The molecule has 2 rings (SSSR count). The molecule has 1 aliphatic rings. The highest BCUT2D eigenvalue weighted by Crippen LogP contribution is 2.25. The van der Waals surface area contributed by atoms with E-state index in [1.54, 1.807) is 0 Å². The van der Waals surface area contributed by atoms with E-state index in [1.807, 2.05) is 0 Å². The van der Waals surface area contributed by atoms with Gasteiger partial charge in [0.25, 0.3) is 0 Å². The second kappa shape index (κ2) is 5.96. The lowest BCUT2D eigenvalue weighted by atomic mass is 10.1. The minimum atomic E-state index is 0.370. The first-order chi connectivity index (χ1) is 8.18. The molecule has 1 aromatic rings. The average molecular weight is 298 g/mol. The van der Waals surface area contributed by atoms with Crippen LogP contribution in [0.1, 0.15) is 11.7 Å². The highest BCUT2D eigenvalue weighted by Gasteiger charge is 2.23. The Bertz CT molecular complexity index is 361. The second-order valence-corrected chi connectivity index (χ2v) is 5.59. The number of hydrogen-bond acceptors (Lipinski definition) is 3. The summed E-state index contributed by atoms with van der Waals surface area (Å²) in [5.74, 6) is 0. The summed E-state index contributed by atoms with van der Waals surface area (Å²) < 4.78 is 1.15. The number of rotatable bonds is 3. The van der Waals surface area contributed by atoms with Gasteiger partial charge in [-0.2, -0.15) is 0 Å². The maximum absolute atomic E-state index is 3.55. The van der Waals surface area contributed by atoms with Crippen LogP contribution in [-0.2, 0) is 0 Å². The van der Waals surface area contributed by atoms with Crippen molar-refractivity contribution >= 4 is 15.9 Å². The van der Waals surface area contributed by atoms with Gasteiger partial charge in [-0.1, -0.05) is 28.1 Å². The molecular formula is C13H20BrN3. The molecule has 0 spiro atoms. The van der Waals surface area contributed by atoms with Crippen molar-refractivity contribution < 1.29 is 0 Å². The van der Waals surface area contributed by atoms with Gasteiger partial charge in [-0.05, 0) is 31.8 Å². The van der Waals surface area contributed by atoms with E-state index in [2.05, 4.69) is 69.4 Å². The highest BCUT2D eigenvalue weighted by molar-refractivity contribution is 9.10. The second-order valence-electron chi connectivity index (χ2n) is 4.68. The molecule has 1 N–H and O–H groups in total. The fourth-order valence-electron chi connectivity index (χ4n) is 2.43. The number of piperazine rings is 1. The molecule has 1 atom stereocenters. The van der Waals surface area contributed by atoms with Crippen molar-refractivity contribution in [1.29, 1.82) is 0 Å². The minimum absolute atomic E-state index is 0.370. The first-order valence-corrected chi connectivity index (χ1v) is 6.84. The Kier molecular flexibility index (Phi) is 4.56. The van der Waals surface area contributed by atoms with Crippen molar-refractivity contribution in [1.82, 2.24) is 15.1 Å². The topological polar surface area (TPSA) is 18.5 Å². The summed E-state index contributed by atoms with van der Waals surface area (Å²) in [5, 5.41) is 3.40. The Hall–Kier alpha value is -0.420. The van der Waals surface area contributed by atoms with E-state index >= 15 is 0 Å². The standard InChI is InChI=1S/C13H20BrN3/c1-16(2)13(17-8-6-15-7-9-17)11-4-3-5-12(14)10-11/h3-5,10,13,15H,6-9H2,1-2H3. The van der Waals surface area contributed by atoms with Crippen LogP contribution in [0.15, 0.2) is 28.7 Å². The van der Waals surface area contributed by atoms with E-state index in [0.717, 1.165) is 30.7 Å². The Morgan fingerprint density at radius 2 is 2.00 bits per heavy atom. The fraction of sp³-hybridized carbons (Fsp3) is 0.538. The zero-order valence-electron chi connectivity index (χ0n) is 10.5. The molecule has 0 radical (unpaired) electrons. The van der Waals surface area contributed by atoms with Crippen LogP contribution in [0.4, 0.5) is 0 Å². The van der Waals surface area contributed by atoms with Gasteiger partial charge in [-0.15, -0.1) is 0 Å². The van der Waals surface area contributed by atoms with Crippen molar-refractivity contribution in [2.24, 2.45) is 0 Å². The maximum Gasteiger partial charge on any atom is 0.0882 e. The molecule has 1 saturated heterocycles. The predicted octanol–water partition coefficient (Wildman–Crippen LogP) is 1.91. The smallest absolute Gasteiger partial charge is 0.0882 e. The molecule has 1 aromatic carbocycles. The molecule has 0 saturated carbocycles. The van der Waals surface area contributed by atoms with E-state index < -0.39 is 0 Å². The quantitative estimate of drug-likeness (QED) is 0.920. The molecule has 4 heteroatoms. The molecule has 0 amide bonds. The predicted molar refractivity (Wildman–Crippen MR) is 75.0 cm³/mol. The molecule has 1 aliphatic heterocycles. The number of nitrogens with one attached hydrogen (secondary N) is 1. The van der Waals surface area contributed by atoms with Gasteiger partial charge in [-0.25, -0.2) is 0 Å². The third kappa shape index (κ3) is 3.28. The van der Waals surface area contributed by atoms with Crippen LogP contribution < -0.4 is 5.32 Å². The zero-order chi connectivity index (χ0) is 12.3. The molecule has 1 unspecified atom stereocenters. The first kappa shape index (κ1) is 13.0. The molecule has 3 nitrogen and oxygen atoms in total. The summed E-state index contributed by atoms with van der Waals surface area (Å²) in [7, 11) is 4.29. The molecule has 1 fully saturated rings. The zero-order valence-corrected chi connectivity index (χ0v) is 12.1. The number of benzene rings is 1. The lowest BCUT2D eigenvalue weighted by Crippen LogP contribution is -2.48. The van der Waals surface area contributed by atoms with Crippen LogP contribution in [0.5, 0.6) is 0 Å². The van der Waals surface area contributed by atoms with Gasteiger partial charge in [0.1, 0.15) is 0 Å². The number of halogens is 1. The van der Waals surface area contributed by atoms with Gasteiger partial charge in [0.15, 0.2) is 0 Å². The third-order valence-corrected chi connectivity index (χ3v) is 3.63. The Morgan fingerprint density at radius 3 is 2.59 bits per heavy atom. The van der Waals surface area contributed by atoms with Gasteiger partial charge in [-0.3, -0.25) is 9.80 Å². The fourth-order valence-corrected chi connectivity index (χ4v) is 2.85. The van der Waals surface area contributed by atoms with Gasteiger partial charge < -0.3 is 5.32 Å². The van der Waals surface area contributed by atoms with Crippen LogP contribution in [0.25, 0.3) is 0 Å². The van der Waals surface area contributed by atoms with Gasteiger partial charge in [0.2, 0.25) is 0 Å². The summed E-state index contributed by atoms with van der Waals surface area (Å²) in [5.41, 5.74) is 1.35. The van der Waals surface area contributed by atoms with Crippen LogP contribution in [0, 0.1) is 0 Å². The molecular weight excluding hydrogens is 278 g/mol. The summed E-state index contributed by atoms with van der Waals surface area (Å²) >= 11 is 3.55. The van der Waals surface area contributed by atoms with Crippen molar-refractivity contribution in [3.63, 3.8) is 0 Å². The van der Waals surface area contributed by atoms with E-state index in [1.165, 1.54) is 5.56 Å².